The average Bonchev–Trinajstić information content (AvgIpc) is 2.98. The molecule has 0 bridgehead atoms. The van der Waals surface area contributed by atoms with E-state index >= 15 is 0 Å². The van der Waals surface area contributed by atoms with E-state index in [4.69, 9.17) is 4.98 Å². The normalized spacial score (nSPS) is 16.0. The first kappa shape index (κ1) is 26.6. The summed E-state index contributed by atoms with van der Waals surface area (Å²) in [5, 5.41) is 0. The number of aromatic nitrogens is 1. The molecule has 0 amide bonds. The molecule has 1 aromatic heterocycles. The van der Waals surface area contributed by atoms with Gasteiger partial charge in [-0.2, -0.15) is 0 Å². The second-order valence-electron chi connectivity index (χ2n) is 14.7. The highest BCUT2D eigenvalue weighted by molar-refractivity contribution is 5.85. The van der Waals surface area contributed by atoms with Crippen LogP contribution in [-0.2, 0) is 28.1 Å². The van der Waals surface area contributed by atoms with E-state index in [1.54, 1.807) is 0 Å². The third-order valence-corrected chi connectivity index (χ3v) is 8.09. The third-order valence-electron chi connectivity index (χ3n) is 8.09. The second-order valence-corrected chi connectivity index (χ2v) is 14.7. The molecule has 1 heteroatoms. The van der Waals surface area contributed by atoms with Gasteiger partial charge in [0.1, 0.15) is 0 Å². The topological polar surface area (TPSA) is 12.9 Å². The summed E-state index contributed by atoms with van der Waals surface area (Å²) in [5.74, 6) is 0.412. The van der Waals surface area contributed by atoms with Crippen molar-refractivity contribution in [2.75, 3.05) is 0 Å². The number of hydrogen-bond acceptors (Lipinski definition) is 1. The molecule has 0 N–H and O–H groups in total. The molecule has 3 aromatic rings. The lowest BCUT2D eigenvalue weighted by molar-refractivity contribution is 0.530. The van der Waals surface area contributed by atoms with Gasteiger partial charge in [-0.25, -0.2) is 0 Å². The summed E-state index contributed by atoms with van der Waals surface area (Å²) < 4.78 is 0. The number of hydrogen-bond donors (Lipinski definition) is 0. The molecule has 0 saturated heterocycles. The zero-order valence-electron chi connectivity index (χ0n) is 24.9. The lowest BCUT2D eigenvalue weighted by Gasteiger charge is -2.33. The fourth-order valence-corrected chi connectivity index (χ4v) is 6.31. The number of nitrogens with zero attached hydrogens (tertiary/aromatic N) is 1. The van der Waals surface area contributed by atoms with Gasteiger partial charge in [0.15, 0.2) is 0 Å². The van der Waals surface area contributed by atoms with E-state index in [1.807, 2.05) is 6.20 Å². The van der Waals surface area contributed by atoms with E-state index in [-0.39, 0.29) is 21.7 Å². The summed E-state index contributed by atoms with van der Waals surface area (Å²) in [7, 11) is 0. The van der Waals surface area contributed by atoms with Crippen molar-refractivity contribution in [2.24, 2.45) is 0 Å². The second kappa shape index (κ2) is 8.57. The Bertz CT molecular complexity index is 1290. The Balaban J connectivity index is 1.82. The van der Waals surface area contributed by atoms with Crippen molar-refractivity contribution in [3.05, 3.63) is 87.7 Å². The monoisotopic (exact) mass is 481 g/mol. The Morgan fingerprint density at radius 3 is 2.03 bits per heavy atom. The van der Waals surface area contributed by atoms with E-state index in [2.05, 4.69) is 126 Å². The third kappa shape index (κ3) is 4.55. The van der Waals surface area contributed by atoms with Gasteiger partial charge in [-0.15, -0.1) is 0 Å². The Hall–Kier alpha value is -2.41. The first-order chi connectivity index (χ1) is 16.4. The minimum atomic E-state index is -0.00873. The number of fused-ring (bicyclic) bond motifs is 3. The molecule has 192 valence electrons. The van der Waals surface area contributed by atoms with Crippen LogP contribution >= 0.6 is 0 Å². The predicted molar refractivity (Wildman–Crippen MR) is 156 cm³/mol. The fourth-order valence-electron chi connectivity index (χ4n) is 6.31. The van der Waals surface area contributed by atoms with Crippen molar-refractivity contribution in [1.29, 1.82) is 0 Å². The van der Waals surface area contributed by atoms with Crippen molar-refractivity contribution < 1.29 is 0 Å². The first-order valence-electron chi connectivity index (χ1n) is 13.7. The highest BCUT2D eigenvalue weighted by Gasteiger charge is 2.40. The van der Waals surface area contributed by atoms with Crippen LogP contribution in [0, 0.1) is 0 Å². The summed E-state index contributed by atoms with van der Waals surface area (Å²) in [4.78, 5) is 4.78. The van der Waals surface area contributed by atoms with Crippen molar-refractivity contribution in [3.63, 3.8) is 0 Å². The average molecular weight is 482 g/mol. The molecule has 2 aromatic carbocycles. The molecule has 1 heterocycles. The van der Waals surface area contributed by atoms with Crippen LogP contribution in [0.2, 0.25) is 0 Å². The van der Waals surface area contributed by atoms with Gasteiger partial charge < -0.3 is 0 Å². The van der Waals surface area contributed by atoms with Crippen LogP contribution in [0.5, 0.6) is 0 Å². The summed E-state index contributed by atoms with van der Waals surface area (Å²) >= 11 is 0. The molecule has 0 aliphatic heterocycles. The first-order valence-corrected chi connectivity index (χ1v) is 13.7. The number of pyridine rings is 1. The van der Waals surface area contributed by atoms with E-state index in [1.165, 1.54) is 50.2 Å². The van der Waals surface area contributed by atoms with Crippen molar-refractivity contribution >= 4 is 0 Å². The van der Waals surface area contributed by atoms with E-state index in [9.17, 15) is 0 Å². The standard InChI is InChI=1S/C35H47N/c1-22(24-14-13-19-36-31(24)34(8,9)10)20-23-15-16-25-28(21-23)35(11,12)26-17-18-27(32(2,3)4)30(29(25)26)33(5,6)7/h13-19,21-22H,20H2,1-12H3. The largest absolute Gasteiger partial charge is 0.260 e. The molecule has 1 unspecified atom stereocenters. The van der Waals surface area contributed by atoms with Crippen LogP contribution in [0.15, 0.2) is 48.7 Å². The van der Waals surface area contributed by atoms with E-state index in [0.29, 0.717) is 5.92 Å². The van der Waals surface area contributed by atoms with Gasteiger partial charge >= 0.3 is 0 Å². The zero-order valence-corrected chi connectivity index (χ0v) is 24.9. The van der Waals surface area contributed by atoms with Gasteiger partial charge in [0.25, 0.3) is 0 Å². The van der Waals surface area contributed by atoms with Crippen LogP contribution in [0.3, 0.4) is 0 Å². The highest BCUT2D eigenvalue weighted by Crippen LogP contribution is 2.54. The van der Waals surface area contributed by atoms with Gasteiger partial charge in [0.2, 0.25) is 0 Å². The maximum atomic E-state index is 4.78. The molecule has 1 atom stereocenters. The molecule has 4 rings (SSSR count). The minimum Gasteiger partial charge on any atom is -0.260 e. The molecule has 0 spiro atoms. The zero-order chi connectivity index (χ0) is 26.8. The Kier molecular flexibility index (Phi) is 6.35. The van der Waals surface area contributed by atoms with Crippen LogP contribution in [-0.4, -0.2) is 4.98 Å². The summed E-state index contributed by atoms with van der Waals surface area (Å²) in [5.41, 5.74) is 13.1. The van der Waals surface area contributed by atoms with Crippen molar-refractivity contribution in [2.45, 2.75) is 117 Å². The lowest BCUT2D eigenvalue weighted by atomic mass is 9.71. The summed E-state index contributed by atoms with van der Waals surface area (Å²) in [6.45, 7) is 28.1. The molecule has 0 saturated carbocycles. The van der Waals surface area contributed by atoms with Gasteiger partial charge in [0, 0.05) is 22.7 Å². The predicted octanol–water partition coefficient (Wildman–Crippen LogP) is 9.63. The Morgan fingerprint density at radius 1 is 0.778 bits per heavy atom. The molecule has 36 heavy (non-hydrogen) atoms. The van der Waals surface area contributed by atoms with Crippen LogP contribution in [0.4, 0.5) is 0 Å². The quantitative estimate of drug-likeness (QED) is 0.363. The van der Waals surface area contributed by atoms with Gasteiger partial charge in [0.05, 0.1) is 0 Å². The van der Waals surface area contributed by atoms with Gasteiger partial charge in [-0.1, -0.05) is 119 Å². The summed E-state index contributed by atoms with van der Waals surface area (Å²) in [6.07, 6.45) is 2.96. The van der Waals surface area contributed by atoms with Gasteiger partial charge in [-0.3, -0.25) is 4.98 Å². The van der Waals surface area contributed by atoms with Crippen molar-refractivity contribution in [3.8, 4) is 11.1 Å². The van der Waals surface area contributed by atoms with E-state index < -0.39 is 0 Å². The lowest BCUT2D eigenvalue weighted by Crippen LogP contribution is -2.24. The molecular weight excluding hydrogens is 434 g/mol. The SMILES string of the molecule is CC(Cc1ccc2c(c1)C(C)(C)c1ccc(C(C)(C)C)c(C(C)(C)C)c1-2)c1cccnc1C(C)(C)C. The Morgan fingerprint density at radius 2 is 1.44 bits per heavy atom. The molecule has 1 nitrogen and oxygen atoms in total. The minimum absolute atomic E-state index is 0.00873. The van der Waals surface area contributed by atoms with Crippen LogP contribution in [0.25, 0.3) is 11.1 Å². The number of rotatable bonds is 3. The molecular formula is C35H47N. The maximum absolute atomic E-state index is 4.78. The van der Waals surface area contributed by atoms with E-state index in [0.717, 1.165) is 6.42 Å². The molecule has 1 aliphatic rings. The molecule has 1 aliphatic carbocycles. The van der Waals surface area contributed by atoms with Crippen LogP contribution in [0.1, 0.15) is 128 Å². The van der Waals surface area contributed by atoms with Crippen molar-refractivity contribution in [1.82, 2.24) is 4.98 Å². The number of benzene rings is 2. The summed E-state index contributed by atoms with van der Waals surface area (Å²) in [6, 6.07) is 16.5. The Labute approximate surface area is 220 Å². The van der Waals surface area contributed by atoms with Gasteiger partial charge in [-0.05, 0) is 73.7 Å². The van der Waals surface area contributed by atoms with Crippen LogP contribution < -0.4 is 0 Å². The smallest absolute Gasteiger partial charge is 0.0491 e. The maximum Gasteiger partial charge on any atom is 0.0491 e. The fraction of sp³-hybridized carbons (Fsp3) is 0.514. The molecule has 0 radical (unpaired) electrons. The highest BCUT2D eigenvalue weighted by atomic mass is 14.7. The molecule has 0 fully saturated rings.